The Labute approximate surface area is 197 Å². The van der Waals surface area contributed by atoms with Gasteiger partial charge in [0.25, 0.3) is 0 Å². The Balaban J connectivity index is 0.000000408. The van der Waals surface area contributed by atoms with Crippen LogP contribution in [-0.4, -0.2) is 69.5 Å². The van der Waals surface area contributed by atoms with Gasteiger partial charge in [0.15, 0.2) is 0 Å². The van der Waals surface area contributed by atoms with Gasteiger partial charge in [-0.2, -0.15) is 0 Å². The number of ether oxygens (including phenoxy) is 1. The van der Waals surface area contributed by atoms with E-state index in [1.165, 1.54) is 25.7 Å². The van der Waals surface area contributed by atoms with Gasteiger partial charge in [-0.25, -0.2) is 9.59 Å². The molecule has 8 heteroatoms. The van der Waals surface area contributed by atoms with Crippen molar-refractivity contribution in [1.82, 2.24) is 9.88 Å². The molecule has 2 aromatic carbocycles. The number of hydrogen-bond acceptors (Lipinski definition) is 5. The number of nitrogens with zero attached hydrogens (tertiary/aromatic N) is 1. The first kappa shape index (κ1) is 23.8. The van der Waals surface area contributed by atoms with Crippen molar-refractivity contribution in [3.05, 3.63) is 65.9 Å². The number of nitrogens with one attached hydrogen (secondary N) is 1. The predicted molar refractivity (Wildman–Crippen MR) is 127 cm³/mol. The maximum Gasteiger partial charge on any atom is 0.414 e. The molecule has 2 aliphatic rings. The third kappa shape index (κ3) is 5.24. The van der Waals surface area contributed by atoms with Crippen molar-refractivity contribution < 1.29 is 29.6 Å². The van der Waals surface area contributed by atoms with Gasteiger partial charge in [0.2, 0.25) is 0 Å². The molecule has 1 aliphatic carbocycles. The largest absolute Gasteiger partial charge is 0.490 e. The number of aliphatic hydroxyl groups excluding tert-OH is 1. The number of hydrogen-bond donors (Lipinski definition) is 4. The topological polar surface area (TPSA) is 123 Å². The molecule has 4 N–H and O–H groups in total. The zero-order valence-electron chi connectivity index (χ0n) is 18.9. The number of benzene rings is 2. The molecule has 0 bridgehead atoms. The zero-order chi connectivity index (χ0) is 24.1. The fraction of sp³-hybridized carbons (Fsp3) is 0.385. The number of aliphatic hydroxyl groups is 1. The number of aryl methyl sites for hydroxylation is 1. The lowest BCUT2D eigenvalue weighted by Crippen LogP contribution is -2.45. The van der Waals surface area contributed by atoms with E-state index in [2.05, 4.69) is 34.1 Å². The SMILES string of the molecule is O=C(O)C(=O)O.O[C@H](COc1cccc2[nH]ccc12)CN1CCC2(CCc3ccccc32)CC1. The molecule has 1 fully saturated rings. The normalized spacial score (nSPS) is 17.6. The summed E-state index contributed by atoms with van der Waals surface area (Å²) >= 11 is 0. The minimum atomic E-state index is -1.82. The molecule has 1 spiro atoms. The highest BCUT2D eigenvalue weighted by Gasteiger charge is 2.40. The van der Waals surface area contributed by atoms with E-state index in [0.717, 1.165) is 29.7 Å². The molecule has 0 saturated carbocycles. The lowest BCUT2D eigenvalue weighted by Gasteiger charge is -2.40. The number of β-amino-alcohol motifs (C(OH)–C–C–N with tert-alkyl or cyclic N) is 1. The van der Waals surface area contributed by atoms with Crippen molar-refractivity contribution in [3.63, 3.8) is 0 Å². The van der Waals surface area contributed by atoms with Gasteiger partial charge in [0.1, 0.15) is 18.5 Å². The molecular weight excluding hydrogens is 436 g/mol. The van der Waals surface area contributed by atoms with E-state index < -0.39 is 18.0 Å². The fourth-order valence-electron chi connectivity index (χ4n) is 5.17. The summed E-state index contributed by atoms with van der Waals surface area (Å²) in [4.78, 5) is 23.8. The van der Waals surface area contributed by atoms with Gasteiger partial charge in [0.05, 0.1) is 0 Å². The van der Waals surface area contributed by atoms with Crippen molar-refractivity contribution in [3.8, 4) is 5.75 Å². The molecule has 8 nitrogen and oxygen atoms in total. The minimum Gasteiger partial charge on any atom is -0.490 e. The molecule has 5 rings (SSSR count). The van der Waals surface area contributed by atoms with Crippen molar-refractivity contribution in [2.75, 3.05) is 26.2 Å². The van der Waals surface area contributed by atoms with Crippen LogP contribution in [-0.2, 0) is 21.4 Å². The molecule has 1 saturated heterocycles. The lowest BCUT2D eigenvalue weighted by atomic mass is 9.74. The predicted octanol–water partition coefficient (Wildman–Crippen LogP) is 3.04. The zero-order valence-corrected chi connectivity index (χ0v) is 18.9. The highest BCUT2D eigenvalue weighted by molar-refractivity contribution is 6.27. The van der Waals surface area contributed by atoms with E-state index in [4.69, 9.17) is 24.5 Å². The van der Waals surface area contributed by atoms with Gasteiger partial charge in [-0.05, 0) is 73.5 Å². The van der Waals surface area contributed by atoms with Crippen LogP contribution in [0.1, 0.15) is 30.4 Å². The van der Waals surface area contributed by atoms with Crippen LogP contribution in [0.5, 0.6) is 5.75 Å². The molecular formula is C26H30N2O6. The smallest absolute Gasteiger partial charge is 0.414 e. The van der Waals surface area contributed by atoms with E-state index in [9.17, 15) is 5.11 Å². The second-order valence-electron chi connectivity index (χ2n) is 9.01. The summed E-state index contributed by atoms with van der Waals surface area (Å²) < 4.78 is 5.92. The summed E-state index contributed by atoms with van der Waals surface area (Å²) in [5.41, 5.74) is 4.56. The number of aromatic amines is 1. The number of H-pyrrole nitrogens is 1. The Hall–Kier alpha value is -3.36. The maximum atomic E-state index is 10.5. The first-order valence-electron chi connectivity index (χ1n) is 11.5. The van der Waals surface area contributed by atoms with Crippen molar-refractivity contribution in [2.45, 2.75) is 37.2 Å². The quantitative estimate of drug-likeness (QED) is 0.426. The first-order valence-corrected chi connectivity index (χ1v) is 11.5. The molecule has 2 heterocycles. The first-order chi connectivity index (χ1) is 16.4. The molecule has 0 unspecified atom stereocenters. The van der Waals surface area contributed by atoms with Gasteiger partial charge < -0.3 is 29.9 Å². The van der Waals surface area contributed by atoms with Gasteiger partial charge in [0, 0.05) is 23.6 Å². The lowest BCUT2D eigenvalue weighted by molar-refractivity contribution is -0.159. The van der Waals surface area contributed by atoms with Crippen LogP contribution >= 0.6 is 0 Å². The average Bonchev–Trinajstić information content (AvgIpc) is 3.46. The van der Waals surface area contributed by atoms with Gasteiger partial charge in [-0.15, -0.1) is 0 Å². The van der Waals surface area contributed by atoms with Crippen LogP contribution in [0.4, 0.5) is 0 Å². The number of fused-ring (bicyclic) bond motifs is 3. The molecule has 0 amide bonds. The Bertz CT molecular complexity index is 1140. The van der Waals surface area contributed by atoms with Gasteiger partial charge >= 0.3 is 11.9 Å². The number of carboxylic acids is 2. The summed E-state index contributed by atoms with van der Waals surface area (Å²) in [6.07, 6.45) is 6.34. The maximum absolute atomic E-state index is 10.5. The number of likely N-dealkylation sites (tertiary alicyclic amines) is 1. The highest BCUT2D eigenvalue weighted by atomic mass is 16.5. The number of carboxylic acid groups (broad SMARTS) is 2. The number of piperidine rings is 1. The summed E-state index contributed by atoms with van der Waals surface area (Å²) in [7, 11) is 0. The van der Waals surface area contributed by atoms with Crippen LogP contribution in [0.25, 0.3) is 10.9 Å². The van der Waals surface area contributed by atoms with E-state index in [0.29, 0.717) is 18.6 Å². The Kier molecular flexibility index (Phi) is 7.19. The van der Waals surface area contributed by atoms with E-state index in [1.54, 1.807) is 11.1 Å². The minimum absolute atomic E-state index is 0.328. The monoisotopic (exact) mass is 466 g/mol. The molecule has 1 atom stereocenters. The van der Waals surface area contributed by atoms with Crippen LogP contribution in [0, 0.1) is 0 Å². The van der Waals surface area contributed by atoms with Crippen LogP contribution in [0.3, 0.4) is 0 Å². The molecule has 1 aliphatic heterocycles. The Morgan fingerprint density at radius 1 is 1.00 bits per heavy atom. The third-order valence-electron chi connectivity index (χ3n) is 6.91. The van der Waals surface area contributed by atoms with E-state index in [1.807, 2.05) is 30.5 Å². The molecule has 0 radical (unpaired) electrons. The summed E-state index contributed by atoms with van der Waals surface area (Å²) in [6.45, 7) is 3.12. The fourth-order valence-corrected chi connectivity index (χ4v) is 5.17. The summed E-state index contributed by atoms with van der Waals surface area (Å²) in [5, 5.41) is 26.4. The average molecular weight is 467 g/mol. The Morgan fingerprint density at radius 2 is 1.74 bits per heavy atom. The molecule has 34 heavy (non-hydrogen) atoms. The molecule has 1 aromatic heterocycles. The van der Waals surface area contributed by atoms with E-state index >= 15 is 0 Å². The van der Waals surface area contributed by atoms with Crippen LogP contribution < -0.4 is 4.74 Å². The summed E-state index contributed by atoms with van der Waals surface area (Å²) in [6, 6.07) is 17.0. The number of aliphatic carboxylic acids is 2. The second-order valence-corrected chi connectivity index (χ2v) is 9.01. The van der Waals surface area contributed by atoms with Gasteiger partial charge in [-0.1, -0.05) is 30.3 Å². The summed E-state index contributed by atoms with van der Waals surface area (Å²) in [5.74, 6) is -2.82. The van der Waals surface area contributed by atoms with Crippen molar-refractivity contribution in [1.29, 1.82) is 0 Å². The molecule has 180 valence electrons. The standard InChI is InChI=1S/C24H28N2O2.C2H2O4/c27-19(17-28-23-7-3-6-22-20(23)9-13-25-22)16-26-14-11-24(12-15-26)10-8-18-4-1-2-5-21(18)24;3-1(4)2(5)6/h1-7,9,13,19,25,27H,8,10-12,14-17H2;(H,3,4)(H,5,6)/t19-;/m0./s1. The Morgan fingerprint density at radius 3 is 2.47 bits per heavy atom. The number of rotatable bonds is 5. The highest BCUT2D eigenvalue weighted by Crippen LogP contribution is 2.46. The number of carbonyl (C=O) groups is 2. The van der Waals surface area contributed by atoms with E-state index in [-0.39, 0.29) is 0 Å². The van der Waals surface area contributed by atoms with Crippen molar-refractivity contribution in [2.24, 2.45) is 0 Å². The van der Waals surface area contributed by atoms with Crippen LogP contribution in [0.2, 0.25) is 0 Å². The second kappa shape index (κ2) is 10.3. The van der Waals surface area contributed by atoms with Gasteiger partial charge in [-0.3, -0.25) is 0 Å². The third-order valence-corrected chi connectivity index (χ3v) is 6.91. The molecule has 3 aromatic rings. The van der Waals surface area contributed by atoms with Crippen molar-refractivity contribution >= 4 is 22.8 Å². The number of aromatic nitrogens is 1. The van der Waals surface area contributed by atoms with Crippen LogP contribution in [0.15, 0.2) is 54.7 Å².